The summed E-state index contributed by atoms with van der Waals surface area (Å²) in [7, 11) is 0. The quantitative estimate of drug-likeness (QED) is 0.408. The minimum absolute atomic E-state index is 0.175. The molecular formula is C23H24N2O3S. The Balaban J connectivity index is 1.80. The minimum Gasteiger partial charge on any atom is -0.344 e. The van der Waals surface area contributed by atoms with E-state index in [4.69, 9.17) is 5.21 Å². The number of benzene rings is 2. The van der Waals surface area contributed by atoms with E-state index in [9.17, 15) is 9.59 Å². The standard InChI is InChI=1S/C23H24N2O3S/c1-23(2,3)20(19-13-18(14-29-19)22(27)25-28)24-21(26)17-11-9-16(10-12-17)15-7-5-4-6-8-15/h4-14,20,28H,1-3H3,(H,24,26)(H,25,27). The second-order valence-electron chi connectivity index (χ2n) is 7.89. The van der Waals surface area contributed by atoms with E-state index in [0.29, 0.717) is 11.1 Å². The third-order valence-corrected chi connectivity index (χ3v) is 5.66. The van der Waals surface area contributed by atoms with Crippen LogP contribution in [0.4, 0.5) is 0 Å². The summed E-state index contributed by atoms with van der Waals surface area (Å²) in [4.78, 5) is 25.4. The molecule has 0 aliphatic carbocycles. The zero-order chi connectivity index (χ0) is 21.0. The fourth-order valence-corrected chi connectivity index (χ4v) is 4.24. The fraction of sp³-hybridized carbons (Fsp3) is 0.217. The lowest BCUT2D eigenvalue weighted by molar-refractivity contribution is 0.0706. The second kappa shape index (κ2) is 8.59. The van der Waals surface area contributed by atoms with Gasteiger partial charge in [0.1, 0.15) is 0 Å². The molecular weight excluding hydrogens is 384 g/mol. The smallest absolute Gasteiger partial charge is 0.275 e. The third-order valence-electron chi connectivity index (χ3n) is 4.66. The predicted molar refractivity (Wildman–Crippen MR) is 115 cm³/mol. The monoisotopic (exact) mass is 408 g/mol. The molecule has 6 heteroatoms. The molecule has 0 saturated heterocycles. The van der Waals surface area contributed by atoms with Crippen molar-refractivity contribution < 1.29 is 14.8 Å². The summed E-state index contributed by atoms with van der Waals surface area (Å²) >= 11 is 1.38. The molecule has 150 valence electrons. The molecule has 2 amide bonds. The molecule has 1 atom stereocenters. The van der Waals surface area contributed by atoms with Gasteiger partial charge in [0.2, 0.25) is 0 Å². The van der Waals surface area contributed by atoms with Crippen LogP contribution in [0.5, 0.6) is 0 Å². The topological polar surface area (TPSA) is 78.4 Å². The maximum absolute atomic E-state index is 12.9. The van der Waals surface area contributed by atoms with E-state index in [0.717, 1.165) is 16.0 Å². The molecule has 1 unspecified atom stereocenters. The molecule has 0 fully saturated rings. The summed E-state index contributed by atoms with van der Waals surface area (Å²) in [6, 6.07) is 18.9. The molecule has 0 bridgehead atoms. The summed E-state index contributed by atoms with van der Waals surface area (Å²) in [6.07, 6.45) is 0. The van der Waals surface area contributed by atoms with E-state index in [1.807, 2.05) is 75.4 Å². The highest BCUT2D eigenvalue weighted by atomic mass is 32.1. The van der Waals surface area contributed by atoms with E-state index in [1.165, 1.54) is 11.3 Å². The van der Waals surface area contributed by atoms with Crippen molar-refractivity contribution in [3.63, 3.8) is 0 Å². The van der Waals surface area contributed by atoms with Gasteiger partial charge in [-0.25, -0.2) is 5.48 Å². The number of carbonyl (C=O) groups is 2. The number of amides is 2. The largest absolute Gasteiger partial charge is 0.344 e. The maximum atomic E-state index is 12.9. The zero-order valence-corrected chi connectivity index (χ0v) is 17.4. The lowest BCUT2D eigenvalue weighted by atomic mass is 9.85. The highest BCUT2D eigenvalue weighted by molar-refractivity contribution is 7.10. The number of thiophene rings is 1. The Labute approximate surface area is 174 Å². The van der Waals surface area contributed by atoms with Crippen LogP contribution < -0.4 is 10.8 Å². The van der Waals surface area contributed by atoms with Crippen molar-refractivity contribution in [1.82, 2.24) is 10.8 Å². The second-order valence-corrected chi connectivity index (χ2v) is 8.84. The lowest BCUT2D eigenvalue weighted by Gasteiger charge is -2.30. The molecule has 0 aliphatic heterocycles. The summed E-state index contributed by atoms with van der Waals surface area (Å²) in [6.45, 7) is 6.09. The van der Waals surface area contributed by atoms with Gasteiger partial charge in [-0.05, 0) is 34.7 Å². The van der Waals surface area contributed by atoms with Crippen molar-refractivity contribution in [1.29, 1.82) is 0 Å². The van der Waals surface area contributed by atoms with Crippen molar-refractivity contribution in [3.8, 4) is 11.1 Å². The van der Waals surface area contributed by atoms with Crippen LogP contribution in [0.25, 0.3) is 11.1 Å². The average Bonchev–Trinajstić information content (AvgIpc) is 3.21. The molecule has 0 aliphatic rings. The van der Waals surface area contributed by atoms with Gasteiger partial charge in [0, 0.05) is 15.8 Å². The van der Waals surface area contributed by atoms with Crippen LogP contribution in [-0.4, -0.2) is 17.0 Å². The normalized spacial score (nSPS) is 12.3. The van der Waals surface area contributed by atoms with Gasteiger partial charge < -0.3 is 5.32 Å². The number of hydrogen-bond acceptors (Lipinski definition) is 4. The Bertz CT molecular complexity index is 989. The van der Waals surface area contributed by atoms with Gasteiger partial charge >= 0.3 is 0 Å². The van der Waals surface area contributed by atoms with Gasteiger partial charge in [-0.3, -0.25) is 14.8 Å². The molecule has 0 radical (unpaired) electrons. The Hall–Kier alpha value is -2.96. The molecule has 2 aromatic carbocycles. The van der Waals surface area contributed by atoms with Crippen LogP contribution in [-0.2, 0) is 0 Å². The summed E-state index contributed by atoms with van der Waals surface area (Å²) < 4.78 is 0. The van der Waals surface area contributed by atoms with Crippen molar-refractivity contribution in [2.24, 2.45) is 5.41 Å². The first-order valence-electron chi connectivity index (χ1n) is 9.29. The van der Waals surface area contributed by atoms with Crippen molar-refractivity contribution in [3.05, 3.63) is 82.0 Å². The first kappa shape index (κ1) is 20.8. The Morgan fingerprint density at radius 3 is 2.10 bits per heavy atom. The predicted octanol–water partition coefficient (Wildman–Crippen LogP) is 5.05. The van der Waals surface area contributed by atoms with Crippen molar-refractivity contribution in [2.75, 3.05) is 0 Å². The Morgan fingerprint density at radius 2 is 1.52 bits per heavy atom. The summed E-state index contributed by atoms with van der Waals surface area (Å²) in [5.41, 5.74) is 4.45. The molecule has 1 heterocycles. The van der Waals surface area contributed by atoms with E-state index in [1.54, 1.807) is 16.9 Å². The molecule has 29 heavy (non-hydrogen) atoms. The van der Waals surface area contributed by atoms with Gasteiger partial charge in [-0.1, -0.05) is 63.2 Å². The molecule has 3 N–H and O–H groups in total. The number of rotatable bonds is 5. The first-order valence-corrected chi connectivity index (χ1v) is 10.2. The molecule has 3 aromatic rings. The highest BCUT2D eigenvalue weighted by Gasteiger charge is 2.30. The number of hydroxylamine groups is 1. The van der Waals surface area contributed by atoms with E-state index >= 15 is 0 Å². The van der Waals surface area contributed by atoms with E-state index < -0.39 is 5.91 Å². The minimum atomic E-state index is -0.567. The third kappa shape index (κ3) is 4.91. The van der Waals surface area contributed by atoms with Crippen LogP contribution >= 0.6 is 11.3 Å². The van der Waals surface area contributed by atoms with E-state index in [2.05, 4.69) is 5.32 Å². The SMILES string of the molecule is CC(C)(C)C(NC(=O)c1ccc(-c2ccccc2)cc1)c1cc(C(=O)NO)cs1. The molecule has 0 saturated carbocycles. The van der Waals surface area contributed by atoms with Crippen molar-refractivity contribution >= 4 is 23.2 Å². The fourth-order valence-electron chi connectivity index (χ4n) is 3.06. The Morgan fingerprint density at radius 1 is 0.897 bits per heavy atom. The summed E-state index contributed by atoms with van der Waals surface area (Å²) in [5, 5.41) is 13.6. The van der Waals surface area contributed by atoms with Gasteiger partial charge in [0.25, 0.3) is 11.8 Å². The van der Waals surface area contributed by atoms with Gasteiger partial charge in [-0.2, -0.15) is 0 Å². The molecule has 3 rings (SSSR count). The molecule has 0 spiro atoms. The van der Waals surface area contributed by atoms with Crippen molar-refractivity contribution in [2.45, 2.75) is 26.8 Å². The van der Waals surface area contributed by atoms with Crippen LogP contribution in [0.3, 0.4) is 0 Å². The molecule has 5 nitrogen and oxygen atoms in total. The highest BCUT2D eigenvalue weighted by Crippen LogP contribution is 2.36. The van der Waals surface area contributed by atoms with Gasteiger partial charge in [-0.15, -0.1) is 11.3 Å². The number of hydrogen-bond donors (Lipinski definition) is 3. The van der Waals surface area contributed by atoms with Crippen LogP contribution in [0, 0.1) is 5.41 Å². The maximum Gasteiger partial charge on any atom is 0.275 e. The Kier molecular flexibility index (Phi) is 6.15. The summed E-state index contributed by atoms with van der Waals surface area (Å²) in [5.74, 6) is -0.742. The van der Waals surface area contributed by atoms with Gasteiger partial charge in [0.05, 0.1) is 11.6 Å². The average molecular weight is 409 g/mol. The first-order chi connectivity index (χ1) is 13.8. The van der Waals surface area contributed by atoms with Crippen LogP contribution in [0.15, 0.2) is 66.0 Å². The van der Waals surface area contributed by atoms with Crippen LogP contribution in [0.1, 0.15) is 52.4 Å². The molecule has 1 aromatic heterocycles. The lowest BCUT2D eigenvalue weighted by Crippen LogP contribution is -2.36. The van der Waals surface area contributed by atoms with Crippen LogP contribution in [0.2, 0.25) is 0 Å². The number of carbonyl (C=O) groups excluding carboxylic acids is 2. The van der Waals surface area contributed by atoms with E-state index in [-0.39, 0.29) is 17.4 Å². The zero-order valence-electron chi connectivity index (χ0n) is 16.6. The van der Waals surface area contributed by atoms with Gasteiger partial charge in [0.15, 0.2) is 0 Å². The number of nitrogens with one attached hydrogen (secondary N) is 2.